The highest BCUT2D eigenvalue weighted by Crippen LogP contribution is 1.75. The maximum atomic E-state index is 10.4. The van der Waals surface area contributed by atoms with Crippen LogP contribution < -0.4 is 0 Å². The predicted molar refractivity (Wildman–Crippen MR) is 30.6 cm³/mol. The van der Waals surface area contributed by atoms with Crippen LogP contribution in [0.1, 0.15) is 0 Å². The van der Waals surface area contributed by atoms with Crippen LogP contribution in [-0.2, 0) is 9.53 Å². The summed E-state index contributed by atoms with van der Waals surface area (Å²) < 4.78 is 4.38. The molecule has 0 radical (unpaired) electrons. The standard InChI is InChI=1S/C5H11NO2/c1-6(2)4-5(7)8-3/h4H2,1-3H3. The first-order chi connectivity index (χ1) is 3.66. The lowest BCUT2D eigenvalue weighted by Gasteiger charge is -2.05. The smallest absolute Gasteiger partial charge is 0.319 e. The molecular weight excluding hydrogens is 106 g/mol. The Morgan fingerprint density at radius 1 is 1.62 bits per heavy atom. The zero-order valence-electron chi connectivity index (χ0n) is 5.47. The fourth-order valence-electron chi connectivity index (χ4n) is 0.323. The molecule has 0 aliphatic heterocycles. The summed E-state index contributed by atoms with van der Waals surface area (Å²) in [4.78, 5) is 12.1. The van der Waals surface area contributed by atoms with Gasteiger partial charge in [0.2, 0.25) is 0 Å². The number of likely N-dealkylation sites (N-methyl/N-ethyl adjacent to an activating group) is 1. The van der Waals surface area contributed by atoms with E-state index in [1.807, 2.05) is 14.1 Å². The fourth-order valence-corrected chi connectivity index (χ4v) is 0.323. The molecule has 0 fully saturated rings. The number of methoxy groups -OCH3 is 1. The van der Waals surface area contributed by atoms with Gasteiger partial charge in [-0.25, -0.2) is 0 Å². The minimum Gasteiger partial charge on any atom is -0.468 e. The van der Waals surface area contributed by atoms with E-state index in [4.69, 9.17) is 0 Å². The van der Waals surface area contributed by atoms with Gasteiger partial charge in [-0.15, -0.1) is 0 Å². The zero-order valence-corrected chi connectivity index (χ0v) is 5.47. The van der Waals surface area contributed by atoms with Gasteiger partial charge in [0.05, 0.1) is 13.7 Å². The Morgan fingerprint density at radius 2 is 2.12 bits per heavy atom. The second-order valence-corrected chi connectivity index (χ2v) is 1.81. The molecule has 3 nitrogen and oxygen atoms in total. The van der Waals surface area contributed by atoms with E-state index in [1.165, 1.54) is 7.11 Å². The second kappa shape index (κ2) is 3.43. The molecule has 0 amide bonds. The van der Waals surface area contributed by atoms with Crippen LogP contribution in [0.15, 0.2) is 0 Å². The van der Waals surface area contributed by atoms with Crippen LogP contribution in [0, 0.1) is 0 Å². The highest BCUT2D eigenvalue weighted by atomic mass is 16.5. The molecule has 0 aliphatic rings. The average Bonchev–Trinajstić information content (AvgIpc) is 1.65. The highest BCUT2D eigenvalue weighted by Gasteiger charge is 1.98. The Hall–Kier alpha value is -0.570. The summed E-state index contributed by atoms with van der Waals surface area (Å²) in [5, 5.41) is 0. The first kappa shape index (κ1) is 7.43. The van der Waals surface area contributed by atoms with E-state index in [2.05, 4.69) is 4.74 Å². The Labute approximate surface area is 49.2 Å². The molecule has 3 heteroatoms. The van der Waals surface area contributed by atoms with Gasteiger partial charge in [0.25, 0.3) is 0 Å². The van der Waals surface area contributed by atoms with Gasteiger partial charge in [-0.1, -0.05) is 0 Å². The molecule has 0 aromatic heterocycles. The molecule has 0 atom stereocenters. The Bertz CT molecular complexity index is 80.5. The lowest BCUT2D eigenvalue weighted by atomic mass is 10.6. The molecule has 0 unspecified atom stereocenters. The van der Waals surface area contributed by atoms with Crippen LogP contribution in [0.4, 0.5) is 0 Å². The number of nitrogens with zero attached hydrogens (tertiary/aromatic N) is 1. The summed E-state index contributed by atoms with van der Waals surface area (Å²) in [6.45, 7) is 0.358. The van der Waals surface area contributed by atoms with E-state index in [9.17, 15) is 4.79 Å². The molecular formula is C5H11NO2. The summed E-state index contributed by atoms with van der Waals surface area (Å²) in [5.74, 6) is -0.199. The third kappa shape index (κ3) is 3.61. The van der Waals surface area contributed by atoms with Crippen molar-refractivity contribution in [2.45, 2.75) is 0 Å². The molecule has 8 heavy (non-hydrogen) atoms. The number of rotatable bonds is 2. The van der Waals surface area contributed by atoms with Gasteiger partial charge in [-0.05, 0) is 14.1 Å². The number of ether oxygens (including phenoxy) is 1. The average molecular weight is 117 g/mol. The molecule has 0 aliphatic carbocycles. The van der Waals surface area contributed by atoms with Gasteiger partial charge >= 0.3 is 5.97 Å². The van der Waals surface area contributed by atoms with Gasteiger partial charge in [-0.2, -0.15) is 0 Å². The predicted octanol–water partition coefficient (Wildman–Crippen LogP) is -0.279. The van der Waals surface area contributed by atoms with Crippen molar-refractivity contribution in [3.05, 3.63) is 0 Å². The number of hydrogen-bond acceptors (Lipinski definition) is 3. The van der Waals surface area contributed by atoms with Gasteiger partial charge in [0, 0.05) is 0 Å². The maximum absolute atomic E-state index is 10.4. The molecule has 48 valence electrons. The zero-order chi connectivity index (χ0) is 6.57. The minimum absolute atomic E-state index is 0.199. The lowest BCUT2D eigenvalue weighted by molar-refractivity contribution is -0.141. The van der Waals surface area contributed by atoms with Crippen molar-refractivity contribution in [2.75, 3.05) is 27.7 Å². The fraction of sp³-hybridized carbons (Fsp3) is 0.800. The summed E-state index contributed by atoms with van der Waals surface area (Å²) in [6.07, 6.45) is 0. The monoisotopic (exact) mass is 117 g/mol. The molecule has 0 saturated carbocycles. The van der Waals surface area contributed by atoms with Crippen LogP contribution in [0.25, 0.3) is 0 Å². The van der Waals surface area contributed by atoms with E-state index in [1.54, 1.807) is 4.90 Å². The van der Waals surface area contributed by atoms with Gasteiger partial charge in [-0.3, -0.25) is 9.69 Å². The number of esters is 1. The molecule has 0 bridgehead atoms. The second-order valence-electron chi connectivity index (χ2n) is 1.81. The third-order valence-electron chi connectivity index (χ3n) is 0.673. The number of carbonyl (C=O) groups excluding carboxylic acids is 1. The van der Waals surface area contributed by atoms with Crippen molar-refractivity contribution in [1.82, 2.24) is 4.90 Å². The molecule has 0 spiro atoms. The van der Waals surface area contributed by atoms with Crippen LogP contribution in [0.5, 0.6) is 0 Å². The molecule has 0 heterocycles. The van der Waals surface area contributed by atoms with Crippen LogP contribution >= 0.6 is 0 Å². The molecule has 0 aromatic rings. The summed E-state index contributed by atoms with van der Waals surface area (Å²) in [7, 11) is 5.01. The highest BCUT2D eigenvalue weighted by molar-refractivity contribution is 5.71. The van der Waals surface area contributed by atoms with Crippen molar-refractivity contribution in [1.29, 1.82) is 0 Å². The van der Waals surface area contributed by atoms with E-state index in [0.29, 0.717) is 6.54 Å². The summed E-state index contributed by atoms with van der Waals surface area (Å²) in [6, 6.07) is 0. The maximum Gasteiger partial charge on any atom is 0.319 e. The molecule has 0 aromatic carbocycles. The van der Waals surface area contributed by atoms with E-state index < -0.39 is 0 Å². The van der Waals surface area contributed by atoms with Crippen LogP contribution in [-0.4, -0.2) is 38.6 Å². The summed E-state index contributed by atoms with van der Waals surface area (Å²) in [5.41, 5.74) is 0. The first-order valence-corrected chi connectivity index (χ1v) is 2.38. The van der Waals surface area contributed by atoms with E-state index in [-0.39, 0.29) is 5.97 Å². The number of hydrogen-bond donors (Lipinski definition) is 0. The quantitative estimate of drug-likeness (QED) is 0.466. The van der Waals surface area contributed by atoms with Gasteiger partial charge < -0.3 is 4.74 Å². The van der Waals surface area contributed by atoms with Crippen molar-refractivity contribution in [2.24, 2.45) is 0 Å². The van der Waals surface area contributed by atoms with Crippen molar-refractivity contribution >= 4 is 5.97 Å². The Kier molecular flexibility index (Phi) is 3.19. The SMILES string of the molecule is COC(=O)CN(C)C. The third-order valence-corrected chi connectivity index (χ3v) is 0.673. The number of carbonyl (C=O) groups is 1. The van der Waals surface area contributed by atoms with Crippen molar-refractivity contribution in [3.63, 3.8) is 0 Å². The topological polar surface area (TPSA) is 29.5 Å². The normalized spacial score (nSPS) is 9.50. The Morgan fingerprint density at radius 3 is 2.25 bits per heavy atom. The largest absolute Gasteiger partial charge is 0.468 e. The van der Waals surface area contributed by atoms with E-state index >= 15 is 0 Å². The summed E-state index contributed by atoms with van der Waals surface area (Å²) >= 11 is 0. The van der Waals surface area contributed by atoms with Gasteiger partial charge in [0.15, 0.2) is 0 Å². The molecule has 0 N–H and O–H groups in total. The van der Waals surface area contributed by atoms with Crippen LogP contribution in [0.2, 0.25) is 0 Å². The van der Waals surface area contributed by atoms with E-state index in [0.717, 1.165) is 0 Å². The Balaban J connectivity index is 3.25. The van der Waals surface area contributed by atoms with Crippen molar-refractivity contribution < 1.29 is 9.53 Å². The lowest BCUT2D eigenvalue weighted by Crippen LogP contribution is -2.22. The van der Waals surface area contributed by atoms with Crippen molar-refractivity contribution in [3.8, 4) is 0 Å². The van der Waals surface area contributed by atoms with Crippen LogP contribution in [0.3, 0.4) is 0 Å². The minimum atomic E-state index is -0.199. The first-order valence-electron chi connectivity index (χ1n) is 2.38. The molecule has 0 rings (SSSR count). The van der Waals surface area contributed by atoms with Gasteiger partial charge in [0.1, 0.15) is 0 Å². The molecule has 0 saturated heterocycles.